The van der Waals surface area contributed by atoms with Crippen LogP contribution in [-0.4, -0.2) is 22.6 Å². The van der Waals surface area contributed by atoms with Gasteiger partial charge in [0.05, 0.1) is 11.6 Å². The molecule has 7 N–H and O–H groups in total. The molecule has 6 heteroatoms. The van der Waals surface area contributed by atoms with Gasteiger partial charge in [-0.3, -0.25) is 5.41 Å². The van der Waals surface area contributed by atoms with E-state index in [0.717, 1.165) is 43.4 Å². The molecule has 0 aliphatic heterocycles. The van der Waals surface area contributed by atoms with E-state index < -0.39 is 5.60 Å². The first-order valence-electron chi connectivity index (χ1n) is 8.28. The van der Waals surface area contributed by atoms with E-state index in [1.165, 1.54) is 12.8 Å². The first kappa shape index (κ1) is 17.4. The van der Waals surface area contributed by atoms with Gasteiger partial charge in [0, 0.05) is 11.3 Å². The Balaban J connectivity index is 0.000000924. The van der Waals surface area contributed by atoms with E-state index in [9.17, 15) is 5.11 Å². The largest absolute Gasteiger partial charge is 0.387 e. The maximum absolute atomic E-state index is 11.2. The molecule has 1 aromatic carbocycles. The van der Waals surface area contributed by atoms with Gasteiger partial charge >= 0.3 is 0 Å². The molecule has 2 aliphatic carbocycles. The van der Waals surface area contributed by atoms with E-state index >= 15 is 0 Å². The van der Waals surface area contributed by atoms with Crippen LogP contribution < -0.4 is 11.1 Å². The Morgan fingerprint density at radius 3 is 2.65 bits per heavy atom. The van der Waals surface area contributed by atoms with Gasteiger partial charge in [-0.15, -0.1) is 0 Å². The molecule has 3 rings (SSSR count). The van der Waals surface area contributed by atoms with E-state index in [1.54, 1.807) is 0 Å². The van der Waals surface area contributed by atoms with Crippen molar-refractivity contribution < 1.29 is 5.11 Å². The number of nitrogens with two attached hydrogens (primary N) is 1. The van der Waals surface area contributed by atoms with Gasteiger partial charge in [0.25, 0.3) is 0 Å². The standard InChI is InChI=1S/C17H25N3O.H2N2/c18-16(19)12-5-3-8-14(11-12)20-15-9-4-7-13-6-1-2-10-17(13,15)21;1-2/h3,5,8,11,13,15,20-21H,1-2,4,6-7,9-10H2,(H3,18,19);1-2H/t13-,15?,17-;/m1./s1. The highest BCUT2D eigenvalue weighted by Crippen LogP contribution is 2.44. The Hall–Kier alpha value is -1.95. The van der Waals surface area contributed by atoms with Crippen molar-refractivity contribution in [1.29, 1.82) is 16.5 Å². The maximum atomic E-state index is 11.2. The van der Waals surface area contributed by atoms with Crippen molar-refractivity contribution in [3.8, 4) is 0 Å². The first-order chi connectivity index (χ1) is 11.1. The molecular weight excluding hydrogens is 290 g/mol. The third-order valence-electron chi connectivity index (χ3n) is 5.25. The van der Waals surface area contributed by atoms with Crippen molar-refractivity contribution in [3.63, 3.8) is 0 Å². The molecule has 0 spiro atoms. The third-order valence-corrected chi connectivity index (χ3v) is 5.25. The molecule has 1 aromatic rings. The summed E-state index contributed by atoms with van der Waals surface area (Å²) in [7, 11) is 0. The summed E-state index contributed by atoms with van der Waals surface area (Å²) in [6, 6.07) is 7.75. The van der Waals surface area contributed by atoms with Crippen molar-refractivity contribution in [2.45, 2.75) is 56.6 Å². The van der Waals surface area contributed by atoms with Gasteiger partial charge in [-0.25, -0.2) is 11.1 Å². The molecule has 6 nitrogen and oxygen atoms in total. The van der Waals surface area contributed by atoms with Crippen molar-refractivity contribution in [3.05, 3.63) is 29.8 Å². The van der Waals surface area contributed by atoms with Crippen molar-refractivity contribution in [1.82, 2.24) is 0 Å². The molecule has 23 heavy (non-hydrogen) atoms. The number of amidine groups is 1. The van der Waals surface area contributed by atoms with Crippen LogP contribution in [0.2, 0.25) is 0 Å². The van der Waals surface area contributed by atoms with Gasteiger partial charge in [0.1, 0.15) is 5.84 Å². The van der Waals surface area contributed by atoms with E-state index in [0.29, 0.717) is 5.92 Å². The van der Waals surface area contributed by atoms with Gasteiger partial charge < -0.3 is 16.2 Å². The number of anilines is 1. The number of nitrogen functional groups attached to an aromatic ring is 1. The van der Waals surface area contributed by atoms with E-state index in [-0.39, 0.29) is 11.9 Å². The van der Waals surface area contributed by atoms with E-state index in [2.05, 4.69) is 5.32 Å². The summed E-state index contributed by atoms with van der Waals surface area (Å²) in [5.41, 5.74) is 16.7. The monoisotopic (exact) mass is 317 g/mol. The number of fused-ring (bicyclic) bond motifs is 1. The molecule has 1 unspecified atom stereocenters. The first-order valence-corrected chi connectivity index (χ1v) is 8.28. The summed E-state index contributed by atoms with van der Waals surface area (Å²) in [4.78, 5) is 0. The molecule has 2 fully saturated rings. The molecule has 2 saturated carbocycles. The molecule has 0 saturated heterocycles. The van der Waals surface area contributed by atoms with Crippen LogP contribution in [0.1, 0.15) is 50.5 Å². The van der Waals surface area contributed by atoms with Crippen LogP contribution in [0.3, 0.4) is 0 Å². The van der Waals surface area contributed by atoms with E-state index in [1.807, 2.05) is 24.3 Å². The lowest BCUT2D eigenvalue weighted by Crippen LogP contribution is -2.56. The SMILES string of the molecule is N=C(N)c1cccc(NC2CCC[C@H]3CCCC[C@]23O)c1.N=N. The average Bonchev–Trinajstić information content (AvgIpc) is 2.57. The molecule has 0 bridgehead atoms. The van der Waals surface area contributed by atoms with Crippen molar-refractivity contribution >= 4 is 11.5 Å². The lowest BCUT2D eigenvalue weighted by atomic mass is 9.65. The minimum atomic E-state index is -0.567. The number of hydrogen-bond donors (Lipinski definition) is 6. The molecule has 126 valence electrons. The second-order valence-electron chi connectivity index (χ2n) is 6.56. The zero-order valence-corrected chi connectivity index (χ0v) is 13.4. The number of rotatable bonds is 3. The molecule has 3 atom stereocenters. The Morgan fingerprint density at radius 2 is 1.91 bits per heavy atom. The van der Waals surface area contributed by atoms with E-state index in [4.69, 9.17) is 22.2 Å². The zero-order valence-electron chi connectivity index (χ0n) is 13.4. The fraction of sp³-hybridized carbons (Fsp3) is 0.588. The number of hydrogen-bond acceptors (Lipinski definition) is 5. The summed E-state index contributed by atoms with van der Waals surface area (Å²) in [6.45, 7) is 0. The van der Waals surface area contributed by atoms with Gasteiger partial charge in [0.15, 0.2) is 0 Å². The van der Waals surface area contributed by atoms with Crippen molar-refractivity contribution in [2.75, 3.05) is 5.32 Å². The Kier molecular flexibility index (Phi) is 5.71. The molecule has 2 aliphatic rings. The fourth-order valence-electron chi connectivity index (χ4n) is 4.10. The van der Waals surface area contributed by atoms with Crippen LogP contribution in [0.4, 0.5) is 5.69 Å². The van der Waals surface area contributed by atoms with Crippen molar-refractivity contribution in [2.24, 2.45) is 11.7 Å². The summed E-state index contributed by atoms with van der Waals surface area (Å²) in [6.07, 6.45) is 7.78. The smallest absolute Gasteiger partial charge is 0.122 e. The Bertz CT molecular complexity index is 548. The van der Waals surface area contributed by atoms with Gasteiger partial charge in [-0.05, 0) is 43.7 Å². The number of aliphatic hydroxyl groups is 1. The predicted octanol–water partition coefficient (Wildman–Crippen LogP) is 3.45. The lowest BCUT2D eigenvalue weighted by Gasteiger charge is -2.49. The third kappa shape index (κ3) is 3.69. The summed E-state index contributed by atoms with van der Waals surface area (Å²) < 4.78 is 0. The number of nitrogens with one attached hydrogen (secondary N) is 4. The second kappa shape index (κ2) is 7.55. The highest BCUT2D eigenvalue weighted by molar-refractivity contribution is 5.95. The Morgan fingerprint density at radius 1 is 1.17 bits per heavy atom. The fourth-order valence-corrected chi connectivity index (χ4v) is 4.10. The maximum Gasteiger partial charge on any atom is 0.122 e. The predicted molar refractivity (Wildman–Crippen MR) is 91.1 cm³/mol. The average molecular weight is 317 g/mol. The minimum absolute atomic E-state index is 0.0801. The lowest BCUT2D eigenvalue weighted by molar-refractivity contribution is -0.0835. The van der Waals surface area contributed by atoms with Gasteiger partial charge in [-0.1, -0.05) is 31.4 Å². The quantitative estimate of drug-likeness (QED) is 0.290. The summed E-state index contributed by atoms with van der Waals surface area (Å²) >= 11 is 0. The zero-order chi connectivity index (χ0) is 16.9. The van der Waals surface area contributed by atoms with Crippen LogP contribution in [0.15, 0.2) is 24.3 Å². The second-order valence-corrected chi connectivity index (χ2v) is 6.56. The molecular formula is C17H27N5O. The van der Waals surface area contributed by atoms with Crippen LogP contribution in [0.5, 0.6) is 0 Å². The van der Waals surface area contributed by atoms with Gasteiger partial charge in [0.2, 0.25) is 0 Å². The Labute approximate surface area is 137 Å². The summed E-state index contributed by atoms with van der Waals surface area (Å²) in [5.74, 6) is 0.519. The normalized spacial score (nSPS) is 29.6. The molecule has 0 heterocycles. The number of benzene rings is 1. The topological polar surface area (TPSA) is 130 Å². The van der Waals surface area contributed by atoms with Gasteiger partial charge in [-0.2, -0.15) is 0 Å². The van der Waals surface area contributed by atoms with Crippen LogP contribution in [0.25, 0.3) is 0 Å². The van der Waals surface area contributed by atoms with Crippen LogP contribution in [0, 0.1) is 22.4 Å². The molecule has 0 amide bonds. The molecule has 0 radical (unpaired) electrons. The highest BCUT2D eigenvalue weighted by Gasteiger charge is 2.47. The van der Waals surface area contributed by atoms with Crippen LogP contribution >= 0.6 is 0 Å². The highest BCUT2D eigenvalue weighted by atomic mass is 16.3. The molecule has 0 aromatic heterocycles. The van der Waals surface area contributed by atoms with Crippen LogP contribution in [-0.2, 0) is 0 Å². The summed E-state index contributed by atoms with van der Waals surface area (Å²) in [5, 5.41) is 22.2. The minimum Gasteiger partial charge on any atom is -0.387 e.